The van der Waals surface area contributed by atoms with Crippen molar-refractivity contribution in [1.82, 2.24) is 0 Å². The first-order valence-electron chi connectivity index (χ1n) is 7.42. The van der Waals surface area contributed by atoms with Gasteiger partial charge in [0.1, 0.15) is 5.75 Å². The van der Waals surface area contributed by atoms with Crippen molar-refractivity contribution in [2.75, 3.05) is 5.75 Å². The average Bonchev–Trinajstić information content (AvgIpc) is 2.55. The van der Waals surface area contributed by atoms with E-state index in [9.17, 15) is 33.9 Å². The smallest absolute Gasteiger partial charge is 0.315 e. The van der Waals surface area contributed by atoms with Gasteiger partial charge in [0, 0.05) is 12.1 Å². The Hall–Kier alpha value is -2.81. The molecule has 2 aromatic rings. The van der Waals surface area contributed by atoms with Gasteiger partial charge in [-0.25, -0.2) is 8.42 Å². The van der Waals surface area contributed by atoms with Crippen LogP contribution >= 0.6 is 0 Å². The number of aryl methyl sites for hydroxylation is 1. The second-order valence-corrected chi connectivity index (χ2v) is 7.62. The number of rotatable bonds is 7. The zero-order valence-electron chi connectivity index (χ0n) is 13.1. The summed E-state index contributed by atoms with van der Waals surface area (Å²) >= 11 is 0. The lowest BCUT2D eigenvalue weighted by molar-refractivity contribution is -0.386. The molecular formula is C16H17NO7S. The Balaban J connectivity index is 2.04. The van der Waals surface area contributed by atoms with E-state index in [1.165, 1.54) is 0 Å². The molecule has 0 aliphatic carbocycles. The lowest BCUT2D eigenvalue weighted by atomic mass is 10.1. The van der Waals surface area contributed by atoms with Gasteiger partial charge < -0.3 is 15.3 Å². The normalized spacial score (nSPS) is 11.4. The van der Waals surface area contributed by atoms with Crippen molar-refractivity contribution in [1.29, 1.82) is 0 Å². The predicted octanol–water partition coefficient (Wildman–Crippen LogP) is 2.51. The third-order valence-corrected chi connectivity index (χ3v) is 5.44. The molecule has 0 aromatic heterocycles. The Bertz CT molecular complexity index is 876. The van der Waals surface area contributed by atoms with E-state index in [1.54, 1.807) is 24.3 Å². The van der Waals surface area contributed by atoms with Crippen LogP contribution in [-0.4, -0.2) is 34.4 Å². The van der Waals surface area contributed by atoms with Gasteiger partial charge in [-0.2, -0.15) is 0 Å². The molecule has 134 valence electrons. The standard InChI is InChI=1S/C16H17NO7S/c18-12-6-4-11(5-7-12)3-1-2-8-25(23,24)13-9-14(17(21)22)16(20)15(19)10-13/h4-7,9-10,18-20H,1-3,8H2. The molecule has 0 amide bonds. The zero-order chi connectivity index (χ0) is 18.6. The number of phenolic OH excluding ortho intramolecular Hbond substituents is 3. The molecule has 2 rings (SSSR count). The van der Waals surface area contributed by atoms with Crippen molar-refractivity contribution < 1.29 is 28.7 Å². The highest BCUT2D eigenvalue weighted by molar-refractivity contribution is 7.91. The molecule has 0 fully saturated rings. The summed E-state index contributed by atoms with van der Waals surface area (Å²) in [6.45, 7) is 0. The van der Waals surface area contributed by atoms with Gasteiger partial charge >= 0.3 is 5.69 Å². The number of nitrogens with zero attached hydrogens (tertiary/aromatic N) is 1. The molecule has 0 saturated carbocycles. The van der Waals surface area contributed by atoms with E-state index in [4.69, 9.17) is 0 Å². The number of aromatic hydroxyl groups is 3. The molecule has 0 atom stereocenters. The van der Waals surface area contributed by atoms with Crippen molar-refractivity contribution in [3.63, 3.8) is 0 Å². The molecule has 2 aromatic carbocycles. The lowest BCUT2D eigenvalue weighted by Crippen LogP contribution is -2.08. The highest BCUT2D eigenvalue weighted by Crippen LogP contribution is 2.37. The number of hydrogen-bond acceptors (Lipinski definition) is 7. The van der Waals surface area contributed by atoms with Crippen LogP contribution in [0.2, 0.25) is 0 Å². The summed E-state index contributed by atoms with van der Waals surface area (Å²) in [5.74, 6) is -1.90. The number of unbranched alkanes of at least 4 members (excludes halogenated alkanes) is 1. The molecule has 0 bridgehead atoms. The van der Waals surface area contributed by atoms with Crippen LogP contribution in [0.5, 0.6) is 17.2 Å². The Morgan fingerprint density at radius 3 is 2.24 bits per heavy atom. The number of phenols is 3. The molecule has 0 radical (unpaired) electrons. The highest BCUT2D eigenvalue weighted by atomic mass is 32.2. The van der Waals surface area contributed by atoms with E-state index in [0.29, 0.717) is 19.3 Å². The summed E-state index contributed by atoms with van der Waals surface area (Å²) in [7, 11) is -3.83. The largest absolute Gasteiger partial charge is 0.508 e. The molecule has 25 heavy (non-hydrogen) atoms. The van der Waals surface area contributed by atoms with Crippen molar-refractivity contribution in [2.24, 2.45) is 0 Å². The first-order valence-corrected chi connectivity index (χ1v) is 9.07. The molecular weight excluding hydrogens is 350 g/mol. The second-order valence-electron chi connectivity index (χ2n) is 5.51. The van der Waals surface area contributed by atoms with Crippen molar-refractivity contribution >= 4 is 15.5 Å². The van der Waals surface area contributed by atoms with Crippen LogP contribution in [0, 0.1) is 10.1 Å². The summed E-state index contributed by atoms with van der Waals surface area (Å²) in [6.07, 6.45) is 1.51. The van der Waals surface area contributed by atoms with Crippen LogP contribution in [0.25, 0.3) is 0 Å². The van der Waals surface area contributed by atoms with E-state index < -0.39 is 36.8 Å². The number of nitro benzene ring substituents is 1. The van der Waals surface area contributed by atoms with Crippen LogP contribution in [0.1, 0.15) is 18.4 Å². The molecule has 3 N–H and O–H groups in total. The van der Waals surface area contributed by atoms with Crippen LogP contribution in [0.15, 0.2) is 41.3 Å². The minimum absolute atomic E-state index is 0.153. The van der Waals surface area contributed by atoms with Crippen LogP contribution in [0.3, 0.4) is 0 Å². The van der Waals surface area contributed by atoms with Crippen LogP contribution < -0.4 is 0 Å². The molecule has 0 heterocycles. The van der Waals surface area contributed by atoms with Crippen molar-refractivity contribution in [3.8, 4) is 17.2 Å². The maximum Gasteiger partial charge on any atom is 0.315 e. The zero-order valence-corrected chi connectivity index (χ0v) is 13.9. The average molecular weight is 367 g/mol. The number of hydrogen-bond donors (Lipinski definition) is 3. The number of sulfone groups is 1. The Morgan fingerprint density at radius 2 is 1.64 bits per heavy atom. The summed E-state index contributed by atoms with van der Waals surface area (Å²) in [6, 6.07) is 8.12. The third-order valence-electron chi connectivity index (χ3n) is 3.66. The lowest BCUT2D eigenvalue weighted by Gasteiger charge is -2.07. The molecule has 0 spiro atoms. The van der Waals surface area contributed by atoms with Gasteiger partial charge in [0.2, 0.25) is 5.75 Å². The van der Waals surface area contributed by atoms with Gasteiger partial charge in [-0.05, 0) is 37.0 Å². The monoisotopic (exact) mass is 367 g/mol. The number of nitro groups is 1. The van der Waals surface area contributed by atoms with Crippen molar-refractivity contribution in [2.45, 2.75) is 24.2 Å². The summed E-state index contributed by atoms with van der Waals surface area (Å²) in [4.78, 5) is 9.45. The SMILES string of the molecule is O=[N+]([O-])c1cc(S(=O)(=O)CCCCc2ccc(O)cc2)cc(O)c1O. The summed E-state index contributed by atoms with van der Waals surface area (Å²) in [5.41, 5.74) is 0.0933. The van der Waals surface area contributed by atoms with Crippen molar-refractivity contribution in [3.05, 3.63) is 52.1 Å². The third kappa shape index (κ3) is 4.60. The molecule has 9 heteroatoms. The van der Waals surface area contributed by atoms with Gasteiger partial charge in [0.05, 0.1) is 15.6 Å². The number of benzene rings is 2. The fourth-order valence-electron chi connectivity index (χ4n) is 2.30. The molecule has 0 unspecified atom stereocenters. The minimum Gasteiger partial charge on any atom is -0.508 e. The maximum absolute atomic E-state index is 12.3. The summed E-state index contributed by atoms with van der Waals surface area (Å²) in [5, 5.41) is 38.9. The van der Waals surface area contributed by atoms with Gasteiger partial charge in [0.15, 0.2) is 15.6 Å². The minimum atomic E-state index is -3.83. The molecule has 8 nitrogen and oxygen atoms in total. The second kappa shape index (κ2) is 7.39. The highest BCUT2D eigenvalue weighted by Gasteiger charge is 2.24. The molecule has 0 aliphatic heterocycles. The van der Waals surface area contributed by atoms with E-state index in [2.05, 4.69) is 0 Å². The topological polar surface area (TPSA) is 138 Å². The first kappa shape index (κ1) is 18.5. The van der Waals surface area contributed by atoms with Gasteiger partial charge in [0.25, 0.3) is 0 Å². The van der Waals surface area contributed by atoms with Gasteiger partial charge in [-0.15, -0.1) is 0 Å². The predicted molar refractivity (Wildman–Crippen MR) is 89.5 cm³/mol. The Kier molecular flexibility index (Phi) is 5.48. The molecule has 0 aliphatic rings. The van der Waals surface area contributed by atoms with E-state index in [-0.39, 0.29) is 11.5 Å². The Labute approximate surface area is 144 Å². The van der Waals surface area contributed by atoms with Crippen LogP contribution in [0.4, 0.5) is 5.69 Å². The first-order chi connectivity index (χ1) is 11.7. The van der Waals surface area contributed by atoms with E-state index >= 15 is 0 Å². The molecule has 0 saturated heterocycles. The quantitative estimate of drug-likeness (QED) is 0.296. The fraction of sp³-hybridized carbons (Fsp3) is 0.250. The van der Waals surface area contributed by atoms with E-state index in [1.807, 2.05) is 0 Å². The van der Waals surface area contributed by atoms with E-state index in [0.717, 1.165) is 17.7 Å². The van der Waals surface area contributed by atoms with Gasteiger partial charge in [-0.3, -0.25) is 10.1 Å². The van der Waals surface area contributed by atoms with Gasteiger partial charge in [-0.1, -0.05) is 12.1 Å². The summed E-state index contributed by atoms with van der Waals surface area (Å²) < 4.78 is 24.6. The maximum atomic E-state index is 12.3. The fourth-order valence-corrected chi connectivity index (χ4v) is 3.70. The van der Waals surface area contributed by atoms with Crippen LogP contribution in [-0.2, 0) is 16.3 Å². The Morgan fingerprint density at radius 1 is 1.00 bits per heavy atom.